The number of amides is 2. The molecular weight excluding hydrogens is 284 g/mol. The Kier molecular flexibility index (Phi) is 7.55. The van der Waals surface area contributed by atoms with Crippen LogP contribution in [0.4, 0.5) is 4.79 Å². The zero-order chi connectivity index (χ0) is 15.9. The molecule has 0 aliphatic rings. The lowest BCUT2D eigenvalue weighted by atomic mass is 10.2. The standard InChI is InChI=1S/C12H24N2O5S/c1-10(2)14(7-5-6-11(15)16)12(17)13(3)8-9-20(4,18)19/h10H,5-9H2,1-4H3,(H,15,16). The van der Waals surface area contributed by atoms with Crippen LogP contribution in [0.2, 0.25) is 0 Å². The van der Waals surface area contributed by atoms with Crippen molar-refractivity contribution in [3.05, 3.63) is 0 Å². The van der Waals surface area contributed by atoms with Gasteiger partial charge in [0.1, 0.15) is 9.84 Å². The van der Waals surface area contributed by atoms with E-state index in [4.69, 9.17) is 5.11 Å². The second-order valence-electron chi connectivity index (χ2n) is 5.12. The molecule has 0 rings (SSSR count). The highest BCUT2D eigenvalue weighted by Gasteiger charge is 2.21. The van der Waals surface area contributed by atoms with Gasteiger partial charge in [-0.3, -0.25) is 4.79 Å². The smallest absolute Gasteiger partial charge is 0.320 e. The number of hydrogen-bond donors (Lipinski definition) is 1. The molecule has 0 aromatic rings. The molecule has 0 heterocycles. The third kappa shape index (κ3) is 7.98. The van der Waals surface area contributed by atoms with Gasteiger partial charge in [-0.25, -0.2) is 13.2 Å². The molecule has 0 aliphatic carbocycles. The largest absolute Gasteiger partial charge is 0.481 e. The number of aliphatic carboxylic acids is 1. The van der Waals surface area contributed by atoms with Crippen LogP contribution in [0.5, 0.6) is 0 Å². The molecule has 7 nitrogen and oxygen atoms in total. The van der Waals surface area contributed by atoms with Crippen LogP contribution in [0.25, 0.3) is 0 Å². The zero-order valence-electron chi connectivity index (χ0n) is 12.5. The van der Waals surface area contributed by atoms with Crippen molar-refractivity contribution in [1.82, 2.24) is 9.80 Å². The second-order valence-corrected chi connectivity index (χ2v) is 7.38. The molecule has 2 amide bonds. The van der Waals surface area contributed by atoms with Gasteiger partial charge in [-0.1, -0.05) is 0 Å². The van der Waals surface area contributed by atoms with Gasteiger partial charge in [0, 0.05) is 38.9 Å². The fourth-order valence-corrected chi connectivity index (χ4v) is 2.20. The third-order valence-electron chi connectivity index (χ3n) is 2.78. The van der Waals surface area contributed by atoms with Crippen molar-refractivity contribution in [2.75, 3.05) is 32.1 Å². The highest BCUT2D eigenvalue weighted by Crippen LogP contribution is 2.06. The van der Waals surface area contributed by atoms with Crippen molar-refractivity contribution < 1.29 is 23.1 Å². The van der Waals surface area contributed by atoms with Gasteiger partial charge < -0.3 is 14.9 Å². The lowest BCUT2D eigenvalue weighted by Crippen LogP contribution is -2.46. The minimum atomic E-state index is -3.12. The summed E-state index contributed by atoms with van der Waals surface area (Å²) < 4.78 is 22.2. The van der Waals surface area contributed by atoms with Gasteiger partial charge in [0.05, 0.1) is 5.75 Å². The fourth-order valence-electron chi connectivity index (χ4n) is 1.59. The molecular formula is C12H24N2O5S. The third-order valence-corrected chi connectivity index (χ3v) is 3.71. The Morgan fingerprint density at radius 3 is 2.15 bits per heavy atom. The Bertz CT molecular complexity index is 433. The minimum absolute atomic E-state index is 0.00353. The van der Waals surface area contributed by atoms with Gasteiger partial charge >= 0.3 is 12.0 Å². The van der Waals surface area contributed by atoms with Gasteiger partial charge in [0.15, 0.2) is 0 Å². The molecule has 0 saturated heterocycles. The van der Waals surface area contributed by atoms with Crippen molar-refractivity contribution >= 4 is 21.8 Å². The number of urea groups is 1. The van der Waals surface area contributed by atoms with Crippen LogP contribution in [0.15, 0.2) is 0 Å². The van der Waals surface area contributed by atoms with E-state index < -0.39 is 15.8 Å². The molecule has 0 aromatic heterocycles. The first-order chi connectivity index (χ1) is 9.04. The van der Waals surface area contributed by atoms with Crippen LogP contribution in [-0.4, -0.2) is 73.5 Å². The monoisotopic (exact) mass is 308 g/mol. The van der Waals surface area contributed by atoms with Gasteiger partial charge in [0.25, 0.3) is 0 Å². The number of carboxylic acid groups (broad SMARTS) is 1. The van der Waals surface area contributed by atoms with Gasteiger partial charge in [-0.05, 0) is 20.3 Å². The lowest BCUT2D eigenvalue weighted by molar-refractivity contribution is -0.137. The van der Waals surface area contributed by atoms with Crippen LogP contribution in [-0.2, 0) is 14.6 Å². The number of rotatable bonds is 8. The first kappa shape index (κ1) is 18.7. The Morgan fingerprint density at radius 2 is 1.75 bits per heavy atom. The quantitative estimate of drug-likeness (QED) is 0.710. The van der Waals surface area contributed by atoms with E-state index in [1.807, 2.05) is 13.8 Å². The highest BCUT2D eigenvalue weighted by atomic mass is 32.2. The summed E-state index contributed by atoms with van der Waals surface area (Å²) in [4.78, 5) is 25.6. The maximum Gasteiger partial charge on any atom is 0.320 e. The van der Waals surface area contributed by atoms with Crippen molar-refractivity contribution in [3.63, 3.8) is 0 Å². The number of hydrogen-bond acceptors (Lipinski definition) is 4. The first-order valence-electron chi connectivity index (χ1n) is 6.46. The number of sulfone groups is 1. The fraction of sp³-hybridized carbons (Fsp3) is 0.833. The minimum Gasteiger partial charge on any atom is -0.481 e. The zero-order valence-corrected chi connectivity index (χ0v) is 13.3. The molecule has 8 heteroatoms. The Balaban J connectivity index is 4.51. The summed E-state index contributed by atoms with van der Waals surface area (Å²) in [6.45, 7) is 4.14. The summed E-state index contributed by atoms with van der Waals surface area (Å²) in [6.07, 6.45) is 1.50. The Hall–Kier alpha value is -1.31. The lowest BCUT2D eigenvalue weighted by Gasteiger charge is -2.31. The maximum atomic E-state index is 12.2. The van der Waals surface area contributed by atoms with E-state index >= 15 is 0 Å². The number of carboxylic acids is 1. The average Bonchev–Trinajstić information content (AvgIpc) is 2.29. The molecule has 20 heavy (non-hydrogen) atoms. The maximum absolute atomic E-state index is 12.2. The van der Waals surface area contributed by atoms with Crippen LogP contribution >= 0.6 is 0 Å². The van der Waals surface area contributed by atoms with Crippen LogP contribution in [0, 0.1) is 0 Å². The molecule has 0 radical (unpaired) electrons. The van der Waals surface area contributed by atoms with E-state index in [0.717, 1.165) is 6.26 Å². The van der Waals surface area contributed by atoms with Crippen molar-refractivity contribution in [2.45, 2.75) is 32.7 Å². The number of carbonyl (C=O) groups excluding carboxylic acids is 1. The van der Waals surface area contributed by atoms with Crippen LogP contribution < -0.4 is 0 Å². The van der Waals surface area contributed by atoms with E-state index in [1.54, 1.807) is 11.9 Å². The number of carbonyl (C=O) groups is 2. The summed E-state index contributed by atoms with van der Waals surface area (Å²) in [5.74, 6) is -0.984. The molecule has 0 atom stereocenters. The van der Waals surface area contributed by atoms with E-state index in [9.17, 15) is 18.0 Å². The summed E-state index contributed by atoms with van der Waals surface area (Å²) in [7, 11) is -1.58. The first-order valence-corrected chi connectivity index (χ1v) is 8.52. The topological polar surface area (TPSA) is 95.0 Å². The van der Waals surface area contributed by atoms with Gasteiger partial charge in [0.2, 0.25) is 0 Å². The molecule has 118 valence electrons. The molecule has 1 N–H and O–H groups in total. The summed E-state index contributed by atoms with van der Waals surface area (Å²) >= 11 is 0. The van der Waals surface area contributed by atoms with Crippen LogP contribution in [0.3, 0.4) is 0 Å². The van der Waals surface area contributed by atoms with E-state index in [2.05, 4.69) is 0 Å². The molecule has 0 unspecified atom stereocenters. The molecule has 0 aromatic carbocycles. The summed E-state index contributed by atoms with van der Waals surface area (Å²) in [5.41, 5.74) is 0. The molecule has 0 spiro atoms. The van der Waals surface area contributed by atoms with Crippen molar-refractivity contribution in [1.29, 1.82) is 0 Å². The second kappa shape index (κ2) is 8.08. The predicted molar refractivity (Wildman–Crippen MR) is 76.4 cm³/mol. The Morgan fingerprint density at radius 1 is 1.20 bits per heavy atom. The average molecular weight is 308 g/mol. The SMILES string of the molecule is CC(C)N(CCCC(=O)O)C(=O)N(C)CCS(C)(=O)=O. The predicted octanol–water partition coefficient (Wildman–Crippen LogP) is 0.658. The highest BCUT2D eigenvalue weighted by molar-refractivity contribution is 7.90. The normalized spacial score (nSPS) is 11.4. The summed E-state index contributed by atoms with van der Waals surface area (Å²) in [5, 5.41) is 8.61. The van der Waals surface area contributed by atoms with Crippen molar-refractivity contribution in [2.24, 2.45) is 0 Å². The Labute approximate surface area is 120 Å². The van der Waals surface area contributed by atoms with Gasteiger partial charge in [-0.2, -0.15) is 0 Å². The van der Waals surface area contributed by atoms with E-state index in [0.29, 0.717) is 13.0 Å². The summed E-state index contributed by atoms with van der Waals surface area (Å²) in [6, 6.07) is -0.356. The molecule has 0 aliphatic heterocycles. The van der Waals surface area contributed by atoms with Crippen LogP contribution in [0.1, 0.15) is 26.7 Å². The van der Waals surface area contributed by atoms with Gasteiger partial charge in [-0.15, -0.1) is 0 Å². The molecule has 0 fully saturated rings. The van der Waals surface area contributed by atoms with Crippen molar-refractivity contribution in [3.8, 4) is 0 Å². The number of nitrogens with zero attached hydrogens (tertiary/aromatic N) is 2. The molecule has 0 saturated carbocycles. The van der Waals surface area contributed by atoms with E-state index in [1.165, 1.54) is 4.90 Å². The molecule has 0 bridgehead atoms. The van der Waals surface area contributed by atoms with E-state index in [-0.39, 0.29) is 30.8 Å².